The Morgan fingerprint density at radius 3 is 2.06 bits per heavy atom. The van der Waals surface area contributed by atoms with E-state index >= 15 is 0 Å². The summed E-state index contributed by atoms with van der Waals surface area (Å²) in [6.07, 6.45) is 1.05. The average Bonchev–Trinajstić information content (AvgIpc) is 2.06. The molecular weight excluding hydrogens is 252 g/mol. The van der Waals surface area contributed by atoms with Crippen molar-refractivity contribution in [2.45, 2.75) is 13.0 Å². The third kappa shape index (κ3) is 3.69. The van der Waals surface area contributed by atoms with Gasteiger partial charge in [-0.3, -0.25) is 0 Å². The first-order valence-corrected chi connectivity index (χ1v) is 8.81. The van der Waals surface area contributed by atoms with E-state index in [1.54, 1.807) is 6.92 Å². The van der Waals surface area contributed by atoms with Crippen molar-refractivity contribution in [1.82, 2.24) is 9.62 Å². The highest BCUT2D eigenvalue weighted by molar-refractivity contribution is 7.93. The minimum absolute atomic E-state index is 0.0189. The van der Waals surface area contributed by atoms with E-state index < -0.39 is 19.9 Å². The van der Waals surface area contributed by atoms with Crippen LogP contribution in [0.4, 0.5) is 0 Å². The van der Waals surface area contributed by atoms with Crippen molar-refractivity contribution < 1.29 is 16.8 Å². The average molecular weight is 270 g/mol. The van der Waals surface area contributed by atoms with E-state index in [2.05, 4.69) is 5.32 Å². The van der Waals surface area contributed by atoms with E-state index in [1.807, 2.05) is 0 Å². The number of hydrogen-bond donors (Lipinski definition) is 1. The van der Waals surface area contributed by atoms with Gasteiger partial charge in [-0.15, -0.1) is 0 Å². The summed E-state index contributed by atoms with van der Waals surface area (Å²) in [6.45, 7) is 3.44. The van der Waals surface area contributed by atoms with Crippen molar-refractivity contribution in [3.05, 3.63) is 0 Å². The van der Waals surface area contributed by atoms with Crippen molar-refractivity contribution in [3.63, 3.8) is 0 Å². The Labute approximate surface area is 97.0 Å². The van der Waals surface area contributed by atoms with Crippen molar-refractivity contribution in [1.29, 1.82) is 0 Å². The molecule has 1 aliphatic rings. The lowest BCUT2D eigenvalue weighted by Crippen LogP contribution is -2.59. The minimum Gasteiger partial charge on any atom is -0.313 e. The largest absolute Gasteiger partial charge is 0.313 e. The molecule has 0 aliphatic carbocycles. The summed E-state index contributed by atoms with van der Waals surface area (Å²) in [5, 5.41) is 3.00. The SMILES string of the molecule is CCN(C1CNC1)S(=O)(=O)CCS(C)(=O)=O. The number of hydrogen-bond acceptors (Lipinski definition) is 5. The second-order valence-corrected chi connectivity index (χ2v) is 8.26. The summed E-state index contributed by atoms with van der Waals surface area (Å²) in [7, 11) is -6.69. The van der Waals surface area contributed by atoms with Crippen LogP contribution in [-0.2, 0) is 19.9 Å². The molecular formula is C8H18N2O4S2. The molecule has 1 aliphatic heterocycles. The smallest absolute Gasteiger partial charge is 0.215 e. The van der Waals surface area contributed by atoms with Gasteiger partial charge in [-0.25, -0.2) is 16.8 Å². The van der Waals surface area contributed by atoms with Crippen LogP contribution in [0.2, 0.25) is 0 Å². The molecule has 1 rings (SSSR count). The number of nitrogens with one attached hydrogen (secondary N) is 1. The molecule has 0 aromatic rings. The Morgan fingerprint density at radius 1 is 1.19 bits per heavy atom. The zero-order valence-electron chi connectivity index (χ0n) is 9.51. The van der Waals surface area contributed by atoms with Crippen LogP contribution >= 0.6 is 0 Å². The molecule has 1 fully saturated rings. The van der Waals surface area contributed by atoms with Gasteiger partial charge < -0.3 is 5.32 Å². The lowest BCUT2D eigenvalue weighted by molar-refractivity contribution is 0.250. The van der Waals surface area contributed by atoms with E-state index in [-0.39, 0.29) is 17.5 Å². The van der Waals surface area contributed by atoms with Gasteiger partial charge in [0.2, 0.25) is 10.0 Å². The maximum Gasteiger partial charge on any atom is 0.215 e. The topological polar surface area (TPSA) is 83.6 Å². The van der Waals surface area contributed by atoms with Crippen LogP contribution in [0.25, 0.3) is 0 Å². The molecule has 0 amide bonds. The Bertz CT molecular complexity index is 425. The summed E-state index contributed by atoms with van der Waals surface area (Å²) >= 11 is 0. The predicted molar refractivity (Wildman–Crippen MR) is 62.5 cm³/mol. The van der Waals surface area contributed by atoms with E-state index in [0.717, 1.165) is 6.26 Å². The van der Waals surface area contributed by atoms with Crippen LogP contribution in [-0.4, -0.2) is 64.6 Å². The third-order valence-corrected chi connectivity index (χ3v) is 5.74. The van der Waals surface area contributed by atoms with Crippen molar-refractivity contribution in [2.75, 3.05) is 37.4 Å². The molecule has 0 unspecified atom stereocenters. The monoisotopic (exact) mass is 270 g/mol. The zero-order chi connectivity index (χ0) is 12.4. The lowest BCUT2D eigenvalue weighted by atomic mass is 10.2. The Hall–Kier alpha value is -0.180. The maximum atomic E-state index is 11.9. The van der Waals surface area contributed by atoms with Crippen molar-refractivity contribution in [2.24, 2.45) is 0 Å². The van der Waals surface area contributed by atoms with Gasteiger partial charge in [0.25, 0.3) is 0 Å². The van der Waals surface area contributed by atoms with Gasteiger partial charge in [-0.1, -0.05) is 6.92 Å². The minimum atomic E-state index is -3.45. The van der Waals surface area contributed by atoms with Crippen LogP contribution in [0.5, 0.6) is 0 Å². The van der Waals surface area contributed by atoms with Gasteiger partial charge in [0.05, 0.1) is 11.5 Å². The molecule has 0 saturated carbocycles. The van der Waals surface area contributed by atoms with Gasteiger partial charge >= 0.3 is 0 Å². The molecule has 1 heterocycles. The Morgan fingerprint density at radius 2 is 1.75 bits per heavy atom. The molecule has 0 radical (unpaired) electrons. The van der Waals surface area contributed by atoms with Gasteiger partial charge in [-0.05, 0) is 0 Å². The zero-order valence-corrected chi connectivity index (χ0v) is 11.1. The van der Waals surface area contributed by atoms with Crippen LogP contribution in [0, 0.1) is 0 Å². The highest BCUT2D eigenvalue weighted by Crippen LogP contribution is 2.11. The van der Waals surface area contributed by atoms with Crippen LogP contribution in [0.15, 0.2) is 0 Å². The number of sulfonamides is 1. The molecule has 16 heavy (non-hydrogen) atoms. The molecule has 1 N–H and O–H groups in total. The predicted octanol–water partition coefficient (Wildman–Crippen LogP) is -1.35. The van der Waals surface area contributed by atoms with E-state index in [9.17, 15) is 16.8 Å². The van der Waals surface area contributed by atoms with E-state index in [4.69, 9.17) is 0 Å². The van der Waals surface area contributed by atoms with Crippen LogP contribution < -0.4 is 5.32 Å². The summed E-state index contributed by atoms with van der Waals surface area (Å²) in [6, 6.07) is -0.0189. The second-order valence-electron chi connectivity index (χ2n) is 3.96. The quantitative estimate of drug-likeness (QED) is 0.645. The summed E-state index contributed by atoms with van der Waals surface area (Å²) in [5.41, 5.74) is 0. The Balaban J connectivity index is 2.67. The summed E-state index contributed by atoms with van der Waals surface area (Å²) in [5.74, 6) is -0.637. The van der Waals surface area contributed by atoms with Gasteiger partial charge in [0.1, 0.15) is 9.84 Å². The fourth-order valence-corrected chi connectivity index (χ4v) is 4.82. The molecule has 0 bridgehead atoms. The van der Waals surface area contributed by atoms with Crippen LogP contribution in [0.1, 0.15) is 6.92 Å². The first kappa shape index (κ1) is 13.9. The number of nitrogens with zero attached hydrogens (tertiary/aromatic N) is 1. The maximum absolute atomic E-state index is 11.9. The first-order chi connectivity index (χ1) is 7.26. The fourth-order valence-electron chi connectivity index (χ4n) is 1.53. The lowest BCUT2D eigenvalue weighted by Gasteiger charge is -2.36. The summed E-state index contributed by atoms with van der Waals surface area (Å²) < 4.78 is 47.0. The number of sulfone groups is 1. The first-order valence-electron chi connectivity index (χ1n) is 5.14. The molecule has 6 nitrogen and oxygen atoms in total. The Kier molecular flexibility index (Phi) is 4.33. The highest BCUT2D eigenvalue weighted by atomic mass is 32.2. The van der Waals surface area contributed by atoms with E-state index in [1.165, 1.54) is 4.31 Å². The van der Waals surface area contributed by atoms with Crippen molar-refractivity contribution in [3.8, 4) is 0 Å². The van der Waals surface area contributed by atoms with Gasteiger partial charge in [0.15, 0.2) is 0 Å². The van der Waals surface area contributed by atoms with Gasteiger partial charge in [0, 0.05) is 31.9 Å². The molecule has 0 aromatic carbocycles. The normalized spacial score (nSPS) is 18.7. The molecule has 1 saturated heterocycles. The molecule has 0 spiro atoms. The van der Waals surface area contributed by atoms with E-state index in [0.29, 0.717) is 19.6 Å². The summed E-state index contributed by atoms with van der Waals surface area (Å²) in [4.78, 5) is 0. The molecule has 0 aromatic heterocycles. The van der Waals surface area contributed by atoms with Crippen LogP contribution in [0.3, 0.4) is 0 Å². The van der Waals surface area contributed by atoms with Crippen molar-refractivity contribution >= 4 is 19.9 Å². The fraction of sp³-hybridized carbons (Fsp3) is 1.00. The highest BCUT2D eigenvalue weighted by Gasteiger charge is 2.32. The molecule has 0 atom stereocenters. The number of rotatable bonds is 6. The molecule has 8 heteroatoms. The number of likely N-dealkylation sites (N-methyl/N-ethyl adjacent to an activating group) is 1. The second kappa shape index (κ2) is 4.99. The molecule has 96 valence electrons. The standard InChI is InChI=1S/C8H18N2O4S2/c1-3-10(8-6-9-7-8)16(13,14)5-4-15(2,11)12/h8-9H,3-7H2,1-2H3. The third-order valence-electron chi connectivity index (χ3n) is 2.55. The van der Waals surface area contributed by atoms with Gasteiger partial charge in [-0.2, -0.15) is 4.31 Å².